The maximum atomic E-state index is 12.0. The molecule has 0 saturated heterocycles. The minimum atomic E-state index is 0.0279. The molecule has 2 aromatic rings. The van der Waals surface area contributed by atoms with Crippen LogP contribution in [0.5, 0.6) is 0 Å². The molecule has 1 amide bonds. The fourth-order valence-corrected chi connectivity index (χ4v) is 3.30. The van der Waals surface area contributed by atoms with E-state index in [0.717, 1.165) is 28.3 Å². The number of benzene rings is 2. The van der Waals surface area contributed by atoms with Crippen LogP contribution in [-0.4, -0.2) is 11.7 Å². The van der Waals surface area contributed by atoms with Crippen molar-refractivity contribution in [3.05, 3.63) is 70.2 Å². The predicted octanol–water partition coefficient (Wildman–Crippen LogP) is 5.01. The Labute approximate surface area is 147 Å². The van der Waals surface area contributed by atoms with Crippen LogP contribution >= 0.6 is 23.4 Å². The van der Waals surface area contributed by atoms with Gasteiger partial charge in [0.25, 0.3) is 0 Å². The summed E-state index contributed by atoms with van der Waals surface area (Å²) in [5.41, 5.74) is 3.58. The summed E-state index contributed by atoms with van der Waals surface area (Å²) in [6, 6.07) is 16.2. The van der Waals surface area contributed by atoms with Crippen LogP contribution in [0.2, 0.25) is 5.02 Å². The summed E-state index contributed by atoms with van der Waals surface area (Å²) in [7, 11) is 0. The Morgan fingerprint density at radius 3 is 2.57 bits per heavy atom. The van der Waals surface area contributed by atoms with Gasteiger partial charge < -0.3 is 5.32 Å². The molecule has 0 unspecified atom stereocenters. The van der Waals surface area contributed by atoms with Gasteiger partial charge in [0.05, 0.1) is 11.8 Å². The number of carbonyl (C=O) groups is 1. The Balaban J connectivity index is 1.77. The third-order valence-corrected chi connectivity index (χ3v) is 4.90. The third kappa shape index (κ3) is 5.92. The smallest absolute Gasteiger partial charge is 0.230 e. The van der Waals surface area contributed by atoms with Crippen molar-refractivity contribution >= 4 is 29.3 Å². The summed E-state index contributed by atoms with van der Waals surface area (Å²) in [4.78, 5) is 12.0. The second kappa shape index (κ2) is 8.99. The lowest BCUT2D eigenvalue weighted by Gasteiger charge is -2.14. The van der Waals surface area contributed by atoms with E-state index in [9.17, 15) is 4.79 Å². The molecule has 1 N–H and O–H groups in total. The van der Waals surface area contributed by atoms with Crippen molar-refractivity contribution in [3.63, 3.8) is 0 Å². The van der Waals surface area contributed by atoms with Crippen molar-refractivity contribution in [2.45, 2.75) is 32.1 Å². The second-order valence-corrected chi connectivity index (χ2v) is 6.93. The Kier molecular flexibility index (Phi) is 7.00. The zero-order chi connectivity index (χ0) is 16.7. The van der Waals surface area contributed by atoms with Crippen molar-refractivity contribution < 1.29 is 4.79 Å². The van der Waals surface area contributed by atoms with E-state index in [1.54, 1.807) is 11.8 Å². The highest BCUT2D eigenvalue weighted by Gasteiger charge is 2.09. The van der Waals surface area contributed by atoms with Crippen molar-refractivity contribution in [2.24, 2.45) is 0 Å². The monoisotopic (exact) mass is 347 g/mol. The van der Waals surface area contributed by atoms with Crippen molar-refractivity contribution in [1.82, 2.24) is 5.32 Å². The molecule has 0 aliphatic heterocycles. The molecule has 0 heterocycles. The standard InChI is InChI=1S/C19H22ClNOS/c1-3-15-7-9-17(10-8-15)14(2)21-19(22)13-23-12-16-5-4-6-18(20)11-16/h4-11,14H,3,12-13H2,1-2H3,(H,21,22)/t14-/m0/s1. The first-order valence-corrected chi connectivity index (χ1v) is 9.32. The maximum Gasteiger partial charge on any atom is 0.230 e. The minimum absolute atomic E-state index is 0.0279. The van der Waals surface area contributed by atoms with E-state index in [4.69, 9.17) is 11.6 Å². The number of nitrogens with one attached hydrogen (secondary N) is 1. The van der Waals surface area contributed by atoms with E-state index < -0.39 is 0 Å². The van der Waals surface area contributed by atoms with Gasteiger partial charge in [0.15, 0.2) is 0 Å². The average Bonchev–Trinajstić information content (AvgIpc) is 2.55. The molecule has 1 atom stereocenters. The molecule has 23 heavy (non-hydrogen) atoms. The molecule has 0 fully saturated rings. The molecule has 122 valence electrons. The molecule has 0 radical (unpaired) electrons. The summed E-state index contributed by atoms with van der Waals surface area (Å²) >= 11 is 7.55. The summed E-state index contributed by atoms with van der Waals surface area (Å²) in [5.74, 6) is 1.29. The van der Waals surface area contributed by atoms with Crippen LogP contribution in [0.15, 0.2) is 48.5 Å². The lowest BCUT2D eigenvalue weighted by molar-refractivity contribution is -0.119. The summed E-state index contributed by atoms with van der Waals surface area (Å²) in [6.07, 6.45) is 1.03. The number of halogens is 1. The van der Waals surface area contributed by atoms with Crippen molar-refractivity contribution in [3.8, 4) is 0 Å². The molecule has 2 nitrogen and oxygen atoms in total. The molecular weight excluding hydrogens is 326 g/mol. The van der Waals surface area contributed by atoms with Gasteiger partial charge in [-0.15, -0.1) is 11.8 Å². The Morgan fingerprint density at radius 2 is 1.91 bits per heavy atom. The topological polar surface area (TPSA) is 29.1 Å². The predicted molar refractivity (Wildman–Crippen MR) is 100.0 cm³/mol. The molecule has 0 spiro atoms. The first-order valence-electron chi connectivity index (χ1n) is 7.79. The summed E-state index contributed by atoms with van der Waals surface area (Å²) in [6.45, 7) is 4.15. The van der Waals surface area contributed by atoms with Crippen LogP contribution in [0.3, 0.4) is 0 Å². The normalized spacial score (nSPS) is 12.0. The fraction of sp³-hybridized carbons (Fsp3) is 0.316. The summed E-state index contributed by atoms with van der Waals surface area (Å²) in [5, 5.41) is 3.78. The Morgan fingerprint density at radius 1 is 1.17 bits per heavy atom. The van der Waals surface area contributed by atoms with Crippen LogP contribution in [0.25, 0.3) is 0 Å². The van der Waals surface area contributed by atoms with Gasteiger partial charge in [-0.25, -0.2) is 0 Å². The number of rotatable bonds is 7. The van der Waals surface area contributed by atoms with Crippen LogP contribution in [0.1, 0.15) is 36.6 Å². The zero-order valence-corrected chi connectivity index (χ0v) is 15.1. The lowest BCUT2D eigenvalue weighted by Crippen LogP contribution is -2.28. The molecule has 0 saturated carbocycles. The largest absolute Gasteiger partial charge is 0.349 e. The highest BCUT2D eigenvalue weighted by molar-refractivity contribution is 7.99. The first-order chi connectivity index (χ1) is 11.1. The molecule has 0 aliphatic rings. The Hall–Kier alpha value is -1.45. The molecule has 0 aliphatic carbocycles. The molecule has 4 heteroatoms. The minimum Gasteiger partial charge on any atom is -0.349 e. The number of hydrogen-bond acceptors (Lipinski definition) is 2. The van der Waals surface area contributed by atoms with E-state index in [0.29, 0.717) is 5.75 Å². The van der Waals surface area contributed by atoms with Gasteiger partial charge in [0.1, 0.15) is 0 Å². The van der Waals surface area contributed by atoms with Crippen LogP contribution < -0.4 is 5.32 Å². The van der Waals surface area contributed by atoms with Crippen LogP contribution in [0.4, 0.5) is 0 Å². The van der Waals surface area contributed by atoms with Gasteiger partial charge in [-0.1, -0.05) is 54.9 Å². The fourth-order valence-electron chi connectivity index (χ4n) is 2.30. The van der Waals surface area contributed by atoms with E-state index in [2.05, 4.69) is 36.5 Å². The quantitative estimate of drug-likeness (QED) is 0.762. The molecule has 2 aromatic carbocycles. The van der Waals surface area contributed by atoms with E-state index in [1.807, 2.05) is 31.2 Å². The van der Waals surface area contributed by atoms with Gasteiger partial charge >= 0.3 is 0 Å². The van der Waals surface area contributed by atoms with Crippen LogP contribution in [-0.2, 0) is 17.0 Å². The highest BCUT2D eigenvalue weighted by Crippen LogP contribution is 2.17. The van der Waals surface area contributed by atoms with Gasteiger partial charge in [-0.05, 0) is 42.2 Å². The van der Waals surface area contributed by atoms with Gasteiger partial charge in [0, 0.05) is 10.8 Å². The Bertz CT molecular complexity index is 642. The molecule has 0 aromatic heterocycles. The first kappa shape index (κ1) is 17.9. The number of hydrogen-bond donors (Lipinski definition) is 1. The number of carbonyl (C=O) groups excluding carboxylic acids is 1. The molecule has 0 bridgehead atoms. The van der Waals surface area contributed by atoms with Gasteiger partial charge in [0.2, 0.25) is 5.91 Å². The number of aryl methyl sites for hydroxylation is 1. The summed E-state index contributed by atoms with van der Waals surface area (Å²) < 4.78 is 0. The third-order valence-electron chi connectivity index (χ3n) is 3.66. The van der Waals surface area contributed by atoms with Crippen molar-refractivity contribution in [2.75, 3.05) is 5.75 Å². The van der Waals surface area contributed by atoms with E-state index in [-0.39, 0.29) is 11.9 Å². The van der Waals surface area contributed by atoms with Gasteiger partial charge in [-0.2, -0.15) is 0 Å². The van der Waals surface area contributed by atoms with Crippen molar-refractivity contribution in [1.29, 1.82) is 0 Å². The molecular formula is C19H22ClNOS. The van der Waals surface area contributed by atoms with E-state index in [1.165, 1.54) is 5.56 Å². The average molecular weight is 348 g/mol. The molecule has 2 rings (SSSR count). The van der Waals surface area contributed by atoms with E-state index >= 15 is 0 Å². The zero-order valence-electron chi connectivity index (χ0n) is 13.5. The highest BCUT2D eigenvalue weighted by atomic mass is 35.5. The van der Waals surface area contributed by atoms with Crippen LogP contribution in [0, 0.1) is 0 Å². The number of amides is 1. The second-order valence-electron chi connectivity index (χ2n) is 5.51. The SMILES string of the molecule is CCc1ccc([C@H](C)NC(=O)CSCc2cccc(Cl)c2)cc1. The number of thioether (sulfide) groups is 1. The maximum absolute atomic E-state index is 12.0. The lowest BCUT2D eigenvalue weighted by atomic mass is 10.1. The van der Waals surface area contributed by atoms with Gasteiger partial charge in [-0.3, -0.25) is 4.79 Å².